The summed E-state index contributed by atoms with van der Waals surface area (Å²) < 4.78 is 54.0. The van der Waals surface area contributed by atoms with E-state index >= 15 is 0 Å². The first-order valence-electron chi connectivity index (χ1n) is 4.79. The molecule has 4 nitrogen and oxygen atoms in total. The average Bonchev–Trinajstić information content (AvgIpc) is 2.27. The molecule has 0 aliphatic heterocycles. The summed E-state index contributed by atoms with van der Waals surface area (Å²) in [5, 5.41) is 0. The number of sulfone groups is 1. The fraction of sp³-hybridized carbons (Fsp3) is 0.400. The Bertz CT molecular complexity index is 503. The normalized spacial score (nSPS) is 11.7. The molecule has 0 heterocycles. The fourth-order valence-electron chi connectivity index (χ4n) is 1.25. The summed E-state index contributed by atoms with van der Waals surface area (Å²) in [7, 11) is -2.12. The smallest absolute Gasteiger partial charge is 0.156 e. The van der Waals surface area contributed by atoms with Crippen LogP contribution < -0.4 is 5.73 Å². The molecule has 17 heavy (non-hydrogen) atoms. The molecule has 0 aliphatic rings. The molecule has 1 rings (SSSR count). The monoisotopic (exact) mass is 265 g/mol. The van der Waals surface area contributed by atoms with E-state index in [4.69, 9.17) is 5.73 Å². The Morgan fingerprint density at radius 2 is 2.00 bits per heavy atom. The number of hydrogen-bond acceptors (Lipinski definition) is 4. The molecule has 0 saturated heterocycles. The maximum Gasteiger partial charge on any atom is 0.156 e. The van der Waals surface area contributed by atoms with Gasteiger partial charge in [0.25, 0.3) is 0 Å². The molecule has 2 N–H and O–H groups in total. The first kappa shape index (κ1) is 13.9. The van der Waals surface area contributed by atoms with Crippen LogP contribution in [0.5, 0.6) is 0 Å². The minimum Gasteiger partial charge on any atom is -0.394 e. The summed E-state index contributed by atoms with van der Waals surface area (Å²) >= 11 is 0. The van der Waals surface area contributed by atoms with Crippen molar-refractivity contribution in [3.63, 3.8) is 0 Å². The number of nitrogen functional groups attached to an aromatic ring is 1. The van der Waals surface area contributed by atoms with E-state index in [9.17, 15) is 17.2 Å². The number of benzene rings is 1. The van der Waals surface area contributed by atoms with Crippen LogP contribution in [0.3, 0.4) is 0 Å². The number of rotatable bonds is 5. The Balaban J connectivity index is 2.93. The van der Waals surface area contributed by atoms with E-state index in [-0.39, 0.29) is 17.9 Å². The summed E-state index contributed by atoms with van der Waals surface area (Å²) in [6.45, 7) is 0.0284. The Kier molecular flexibility index (Phi) is 4.41. The van der Waals surface area contributed by atoms with Gasteiger partial charge in [0.1, 0.15) is 11.5 Å². The number of anilines is 1. The second-order valence-corrected chi connectivity index (χ2v) is 5.70. The second-order valence-electron chi connectivity index (χ2n) is 3.52. The molecule has 0 radical (unpaired) electrons. The number of nitrogens with two attached hydrogens (primary N) is 1. The van der Waals surface area contributed by atoms with Crippen LogP contribution >= 0.6 is 0 Å². The van der Waals surface area contributed by atoms with Gasteiger partial charge >= 0.3 is 0 Å². The zero-order valence-electron chi connectivity index (χ0n) is 9.24. The van der Waals surface area contributed by atoms with Crippen LogP contribution in [0.4, 0.5) is 14.5 Å². The first-order valence-corrected chi connectivity index (χ1v) is 6.61. The van der Waals surface area contributed by atoms with Gasteiger partial charge in [-0.2, -0.15) is 0 Å². The van der Waals surface area contributed by atoms with Crippen LogP contribution in [0.15, 0.2) is 12.1 Å². The quantitative estimate of drug-likeness (QED) is 0.810. The van der Waals surface area contributed by atoms with Crippen molar-refractivity contribution in [1.29, 1.82) is 0 Å². The maximum atomic E-state index is 13.5. The van der Waals surface area contributed by atoms with Gasteiger partial charge in [0, 0.05) is 12.7 Å². The molecular weight excluding hydrogens is 252 g/mol. The minimum atomic E-state index is -3.49. The van der Waals surface area contributed by atoms with Gasteiger partial charge in [0.05, 0.1) is 18.1 Å². The van der Waals surface area contributed by atoms with E-state index in [0.717, 1.165) is 12.1 Å². The highest BCUT2D eigenvalue weighted by Crippen LogP contribution is 2.20. The van der Waals surface area contributed by atoms with Crippen LogP contribution in [-0.2, 0) is 20.3 Å². The molecule has 0 aromatic heterocycles. The van der Waals surface area contributed by atoms with Crippen molar-refractivity contribution in [2.75, 3.05) is 25.2 Å². The molecule has 0 amide bonds. The molecule has 1 aromatic carbocycles. The topological polar surface area (TPSA) is 69.4 Å². The molecule has 0 saturated carbocycles. The molecular formula is C10H13F2NO3S. The van der Waals surface area contributed by atoms with Crippen LogP contribution in [0.1, 0.15) is 5.56 Å². The lowest BCUT2D eigenvalue weighted by atomic mass is 10.2. The summed E-state index contributed by atoms with van der Waals surface area (Å²) in [4.78, 5) is 0. The number of hydrogen-bond donors (Lipinski definition) is 1. The number of methoxy groups -OCH3 is 1. The third-order valence-electron chi connectivity index (χ3n) is 2.18. The zero-order valence-corrected chi connectivity index (χ0v) is 10.1. The summed E-state index contributed by atoms with van der Waals surface area (Å²) in [5.41, 5.74) is 4.33. The van der Waals surface area contributed by atoms with Gasteiger partial charge in [-0.05, 0) is 6.07 Å². The third-order valence-corrected chi connectivity index (χ3v) is 3.72. The molecule has 7 heteroatoms. The van der Waals surface area contributed by atoms with Gasteiger partial charge in [0.2, 0.25) is 0 Å². The highest BCUT2D eigenvalue weighted by molar-refractivity contribution is 7.90. The summed E-state index contributed by atoms with van der Waals surface area (Å²) in [5.74, 6) is -2.67. The Morgan fingerprint density at radius 1 is 1.35 bits per heavy atom. The SMILES string of the molecule is COCCS(=O)(=O)Cc1ccc(F)c(N)c1F. The van der Waals surface area contributed by atoms with Gasteiger partial charge in [-0.3, -0.25) is 0 Å². The first-order chi connectivity index (χ1) is 7.87. The van der Waals surface area contributed by atoms with E-state index in [2.05, 4.69) is 4.74 Å². The molecule has 0 unspecified atom stereocenters. The Labute approximate surface area is 98.3 Å². The minimum absolute atomic E-state index is 0.0284. The van der Waals surface area contributed by atoms with E-state index in [1.54, 1.807) is 0 Å². The predicted molar refractivity (Wildman–Crippen MR) is 60.1 cm³/mol. The zero-order chi connectivity index (χ0) is 13.1. The molecule has 1 aromatic rings. The van der Waals surface area contributed by atoms with E-state index in [1.807, 2.05) is 0 Å². The predicted octanol–water partition coefficient (Wildman–Crippen LogP) is 1.11. The van der Waals surface area contributed by atoms with Crippen molar-refractivity contribution in [1.82, 2.24) is 0 Å². The lowest BCUT2D eigenvalue weighted by molar-refractivity contribution is 0.217. The van der Waals surface area contributed by atoms with E-state index < -0.39 is 32.9 Å². The number of ether oxygens (including phenoxy) is 1. The molecule has 0 spiro atoms. The van der Waals surface area contributed by atoms with Crippen LogP contribution in [-0.4, -0.2) is 27.9 Å². The summed E-state index contributed by atoms with van der Waals surface area (Å²) in [6.07, 6.45) is 0. The lowest BCUT2D eigenvalue weighted by Crippen LogP contribution is -2.15. The van der Waals surface area contributed by atoms with Crippen LogP contribution in [0.2, 0.25) is 0 Å². The Hall–Kier alpha value is -1.21. The standard InChI is InChI=1S/C10H13F2NO3S/c1-16-4-5-17(14,15)6-7-2-3-8(11)10(13)9(7)12/h2-3H,4-6,13H2,1H3. The van der Waals surface area contributed by atoms with Crippen molar-refractivity contribution >= 4 is 15.5 Å². The highest BCUT2D eigenvalue weighted by atomic mass is 32.2. The fourth-order valence-corrected chi connectivity index (χ4v) is 2.51. The maximum absolute atomic E-state index is 13.5. The van der Waals surface area contributed by atoms with Crippen molar-refractivity contribution in [3.05, 3.63) is 29.3 Å². The molecule has 0 bridgehead atoms. The van der Waals surface area contributed by atoms with Crippen molar-refractivity contribution in [2.45, 2.75) is 5.75 Å². The highest BCUT2D eigenvalue weighted by Gasteiger charge is 2.17. The van der Waals surface area contributed by atoms with E-state index in [0.29, 0.717) is 0 Å². The van der Waals surface area contributed by atoms with Crippen molar-refractivity contribution in [2.24, 2.45) is 0 Å². The molecule has 0 atom stereocenters. The molecule has 96 valence electrons. The van der Waals surface area contributed by atoms with Crippen molar-refractivity contribution in [3.8, 4) is 0 Å². The summed E-state index contributed by atoms with van der Waals surface area (Å²) in [6, 6.07) is 2.02. The van der Waals surface area contributed by atoms with Gasteiger partial charge in [0.15, 0.2) is 15.7 Å². The third kappa shape index (κ3) is 3.64. The molecule has 0 aliphatic carbocycles. The largest absolute Gasteiger partial charge is 0.394 e. The average molecular weight is 265 g/mol. The lowest BCUT2D eigenvalue weighted by Gasteiger charge is -2.07. The Morgan fingerprint density at radius 3 is 2.59 bits per heavy atom. The molecule has 0 fully saturated rings. The number of halogens is 2. The van der Waals surface area contributed by atoms with Gasteiger partial charge in [-0.25, -0.2) is 17.2 Å². The van der Waals surface area contributed by atoms with Gasteiger partial charge < -0.3 is 10.5 Å². The van der Waals surface area contributed by atoms with Gasteiger partial charge in [-0.15, -0.1) is 0 Å². The van der Waals surface area contributed by atoms with E-state index in [1.165, 1.54) is 7.11 Å². The second kappa shape index (κ2) is 5.42. The van der Waals surface area contributed by atoms with Crippen LogP contribution in [0, 0.1) is 11.6 Å². The van der Waals surface area contributed by atoms with Crippen molar-refractivity contribution < 1.29 is 21.9 Å². The van der Waals surface area contributed by atoms with Gasteiger partial charge in [-0.1, -0.05) is 6.07 Å². The van der Waals surface area contributed by atoms with Crippen LogP contribution in [0.25, 0.3) is 0 Å².